The normalized spacial score (nSPS) is 10.1. The quantitative estimate of drug-likeness (QED) is 0.407. The summed E-state index contributed by atoms with van der Waals surface area (Å²) in [6.07, 6.45) is 1.26. The standard InChI is InChI=1S/C16H14N4O7/c1-27-15(21)5-7-18(14-4-2-3-6-17-14)16(22)11-8-12(19(23)24)10-13(9-11)20(25)26/h2-4,6,8-10H,5,7H2,1H3. The topological polar surface area (TPSA) is 146 Å². The van der Waals surface area contributed by atoms with E-state index in [0.29, 0.717) is 0 Å². The van der Waals surface area contributed by atoms with Crippen LogP contribution in [-0.4, -0.2) is 40.4 Å². The van der Waals surface area contributed by atoms with Crippen LogP contribution >= 0.6 is 0 Å². The lowest BCUT2D eigenvalue weighted by Gasteiger charge is -2.21. The van der Waals surface area contributed by atoms with Crippen molar-refractivity contribution < 1.29 is 24.2 Å². The molecule has 0 N–H and O–H groups in total. The van der Waals surface area contributed by atoms with Gasteiger partial charge in [0.15, 0.2) is 0 Å². The second-order valence-electron chi connectivity index (χ2n) is 5.22. The van der Waals surface area contributed by atoms with Crippen LogP contribution in [0.5, 0.6) is 0 Å². The number of methoxy groups -OCH3 is 1. The van der Waals surface area contributed by atoms with E-state index in [1.165, 1.54) is 19.4 Å². The molecule has 0 atom stereocenters. The van der Waals surface area contributed by atoms with Crippen LogP contribution in [0.3, 0.4) is 0 Å². The Hall–Kier alpha value is -3.89. The zero-order valence-corrected chi connectivity index (χ0v) is 14.1. The van der Waals surface area contributed by atoms with Gasteiger partial charge in [-0.15, -0.1) is 0 Å². The highest BCUT2D eigenvalue weighted by atomic mass is 16.6. The highest BCUT2D eigenvalue weighted by Gasteiger charge is 2.25. The van der Waals surface area contributed by atoms with E-state index in [9.17, 15) is 29.8 Å². The molecule has 11 nitrogen and oxygen atoms in total. The number of anilines is 1. The molecule has 1 aromatic carbocycles. The van der Waals surface area contributed by atoms with Crippen LogP contribution in [0.15, 0.2) is 42.6 Å². The molecule has 0 aliphatic heterocycles. The molecule has 0 saturated carbocycles. The number of nitro groups is 2. The molecule has 140 valence electrons. The van der Waals surface area contributed by atoms with Crippen molar-refractivity contribution in [2.75, 3.05) is 18.6 Å². The summed E-state index contributed by atoms with van der Waals surface area (Å²) in [5.74, 6) is -1.17. The van der Waals surface area contributed by atoms with Crippen molar-refractivity contribution >= 4 is 29.1 Å². The molecule has 0 aliphatic carbocycles. The summed E-state index contributed by atoms with van der Waals surface area (Å²) < 4.78 is 4.55. The number of amides is 1. The molecular weight excluding hydrogens is 360 g/mol. The molecule has 27 heavy (non-hydrogen) atoms. The second kappa shape index (κ2) is 8.47. The number of nitrogens with zero attached hydrogens (tertiary/aromatic N) is 4. The van der Waals surface area contributed by atoms with Crippen molar-refractivity contribution in [1.29, 1.82) is 0 Å². The number of hydrogen-bond donors (Lipinski definition) is 0. The van der Waals surface area contributed by atoms with E-state index in [2.05, 4.69) is 9.72 Å². The number of carbonyl (C=O) groups excluding carboxylic acids is 2. The van der Waals surface area contributed by atoms with Gasteiger partial charge in [-0.25, -0.2) is 4.98 Å². The molecule has 1 aromatic heterocycles. The van der Waals surface area contributed by atoms with Crippen molar-refractivity contribution in [2.45, 2.75) is 6.42 Å². The Labute approximate surface area is 152 Å². The lowest BCUT2D eigenvalue weighted by atomic mass is 10.1. The number of aromatic nitrogens is 1. The molecule has 1 amide bonds. The van der Waals surface area contributed by atoms with Crippen LogP contribution in [0.2, 0.25) is 0 Å². The maximum Gasteiger partial charge on any atom is 0.307 e. The van der Waals surface area contributed by atoms with E-state index >= 15 is 0 Å². The second-order valence-corrected chi connectivity index (χ2v) is 5.22. The average molecular weight is 374 g/mol. The number of esters is 1. The first kappa shape index (κ1) is 19.4. The molecule has 1 heterocycles. The zero-order valence-electron chi connectivity index (χ0n) is 14.1. The van der Waals surface area contributed by atoms with Crippen LogP contribution in [0.1, 0.15) is 16.8 Å². The molecule has 0 aliphatic rings. The Bertz CT molecular complexity index is 853. The first-order valence-corrected chi connectivity index (χ1v) is 7.57. The Morgan fingerprint density at radius 3 is 2.22 bits per heavy atom. The van der Waals surface area contributed by atoms with Gasteiger partial charge in [-0.3, -0.25) is 34.7 Å². The van der Waals surface area contributed by atoms with Gasteiger partial charge in [0.05, 0.1) is 35.0 Å². The fraction of sp³-hybridized carbons (Fsp3) is 0.188. The van der Waals surface area contributed by atoms with Gasteiger partial charge in [-0.1, -0.05) is 6.07 Å². The van der Waals surface area contributed by atoms with Gasteiger partial charge in [-0.05, 0) is 12.1 Å². The number of carbonyl (C=O) groups is 2. The Balaban J connectivity index is 2.46. The highest BCUT2D eigenvalue weighted by molar-refractivity contribution is 6.06. The number of rotatable bonds is 7. The number of ether oxygens (including phenoxy) is 1. The first-order valence-electron chi connectivity index (χ1n) is 7.57. The molecule has 0 saturated heterocycles. The third-order valence-electron chi connectivity index (χ3n) is 3.51. The molecular formula is C16H14N4O7. The minimum absolute atomic E-state index is 0.126. The van der Waals surface area contributed by atoms with Gasteiger partial charge >= 0.3 is 5.97 Å². The molecule has 0 radical (unpaired) electrons. The number of nitro benzene ring substituents is 2. The summed E-state index contributed by atoms with van der Waals surface area (Å²) in [5.41, 5.74) is -1.46. The average Bonchev–Trinajstić information content (AvgIpc) is 2.68. The fourth-order valence-corrected chi connectivity index (χ4v) is 2.22. The van der Waals surface area contributed by atoms with Crippen molar-refractivity contribution in [3.8, 4) is 0 Å². The molecule has 2 rings (SSSR count). The summed E-state index contributed by atoms with van der Waals surface area (Å²) >= 11 is 0. The summed E-state index contributed by atoms with van der Waals surface area (Å²) in [4.78, 5) is 49.8. The Kier molecular flexibility index (Phi) is 6.10. The molecule has 11 heteroatoms. The smallest absolute Gasteiger partial charge is 0.307 e. The van der Waals surface area contributed by atoms with Crippen molar-refractivity contribution in [2.24, 2.45) is 0 Å². The summed E-state index contributed by atoms with van der Waals surface area (Å²) in [7, 11) is 1.19. The largest absolute Gasteiger partial charge is 0.469 e. The minimum Gasteiger partial charge on any atom is -0.469 e. The van der Waals surface area contributed by atoms with Crippen LogP contribution in [0, 0.1) is 20.2 Å². The Morgan fingerprint density at radius 2 is 1.74 bits per heavy atom. The zero-order chi connectivity index (χ0) is 20.0. The van der Waals surface area contributed by atoms with E-state index in [0.717, 1.165) is 23.1 Å². The van der Waals surface area contributed by atoms with E-state index in [4.69, 9.17) is 0 Å². The molecule has 2 aromatic rings. The molecule has 0 spiro atoms. The fourth-order valence-electron chi connectivity index (χ4n) is 2.22. The monoisotopic (exact) mass is 374 g/mol. The van der Waals surface area contributed by atoms with Crippen molar-refractivity contribution in [1.82, 2.24) is 4.98 Å². The maximum absolute atomic E-state index is 12.9. The van der Waals surface area contributed by atoms with Gasteiger partial charge in [0.2, 0.25) is 0 Å². The number of hydrogen-bond acceptors (Lipinski definition) is 8. The van der Waals surface area contributed by atoms with Crippen molar-refractivity contribution in [3.63, 3.8) is 0 Å². The maximum atomic E-state index is 12.9. The van der Waals surface area contributed by atoms with Crippen LogP contribution in [0.4, 0.5) is 17.2 Å². The third-order valence-corrected chi connectivity index (χ3v) is 3.51. The van der Waals surface area contributed by atoms with E-state index in [1.807, 2.05) is 0 Å². The summed E-state index contributed by atoms with van der Waals surface area (Å²) in [6, 6.07) is 7.35. The number of non-ortho nitro benzene ring substituents is 2. The highest BCUT2D eigenvalue weighted by Crippen LogP contribution is 2.25. The SMILES string of the molecule is COC(=O)CCN(C(=O)c1cc([N+](=O)[O-])cc([N+](=O)[O-])c1)c1ccccn1. The molecule has 0 unspecified atom stereocenters. The lowest BCUT2D eigenvalue weighted by Crippen LogP contribution is -2.34. The number of pyridine rings is 1. The van der Waals surface area contributed by atoms with E-state index in [-0.39, 0.29) is 24.3 Å². The van der Waals surface area contributed by atoms with Gasteiger partial charge in [0.1, 0.15) is 5.82 Å². The van der Waals surface area contributed by atoms with Gasteiger partial charge in [-0.2, -0.15) is 0 Å². The summed E-state index contributed by atoms with van der Waals surface area (Å²) in [5, 5.41) is 22.1. The molecule has 0 fully saturated rings. The van der Waals surface area contributed by atoms with Gasteiger partial charge in [0, 0.05) is 24.9 Å². The first-order chi connectivity index (χ1) is 12.8. The van der Waals surface area contributed by atoms with E-state index < -0.39 is 33.1 Å². The van der Waals surface area contributed by atoms with Gasteiger partial charge in [0.25, 0.3) is 17.3 Å². The van der Waals surface area contributed by atoms with Crippen LogP contribution in [-0.2, 0) is 9.53 Å². The van der Waals surface area contributed by atoms with Crippen molar-refractivity contribution in [3.05, 3.63) is 68.4 Å². The Morgan fingerprint density at radius 1 is 1.11 bits per heavy atom. The number of benzene rings is 1. The minimum atomic E-state index is -0.830. The predicted octanol–water partition coefficient (Wildman–Crippen LogP) is 2.11. The lowest BCUT2D eigenvalue weighted by molar-refractivity contribution is -0.394. The van der Waals surface area contributed by atoms with E-state index in [1.54, 1.807) is 12.1 Å². The molecule has 0 bridgehead atoms. The third kappa shape index (κ3) is 4.81. The van der Waals surface area contributed by atoms with Gasteiger partial charge < -0.3 is 4.74 Å². The predicted molar refractivity (Wildman–Crippen MR) is 92.3 cm³/mol. The van der Waals surface area contributed by atoms with Crippen LogP contribution in [0.25, 0.3) is 0 Å². The summed E-state index contributed by atoms with van der Waals surface area (Å²) in [6.45, 7) is -0.126. The van der Waals surface area contributed by atoms with Crippen LogP contribution < -0.4 is 4.90 Å².